The van der Waals surface area contributed by atoms with Crippen LogP contribution >= 0.6 is 0 Å². The summed E-state index contributed by atoms with van der Waals surface area (Å²) in [5, 5.41) is 0. The Labute approximate surface area is 43.4 Å². The summed E-state index contributed by atoms with van der Waals surface area (Å²) in [5.74, 6) is 0. The molecule has 0 amide bonds. The normalized spacial score (nSPS) is 31.3. The molecule has 1 rings (SSSR count). The Kier molecular flexibility index (Phi) is 1.65. The predicted molar refractivity (Wildman–Crippen MR) is 25.7 cm³/mol. The van der Waals surface area contributed by atoms with Crippen LogP contribution in [0.3, 0.4) is 0 Å². The van der Waals surface area contributed by atoms with Gasteiger partial charge in [0.1, 0.15) is 6.79 Å². The van der Waals surface area contributed by atoms with Gasteiger partial charge in [0.05, 0.1) is 12.7 Å². The molecule has 2 heteroatoms. The van der Waals surface area contributed by atoms with Crippen molar-refractivity contribution in [1.29, 1.82) is 0 Å². The molecule has 0 aromatic carbocycles. The maximum atomic E-state index is 5.02. The standard InChI is InChI=1S/C5H9O2/c1-2-5-3-6-4-7-5/h2,5H,3-4H2,1H3. The summed E-state index contributed by atoms with van der Waals surface area (Å²) in [7, 11) is 0. The number of rotatable bonds is 1. The van der Waals surface area contributed by atoms with E-state index in [-0.39, 0.29) is 6.10 Å². The minimum atomic E-state index is 0.250. The molecule has 0 aromatic heterocycles. The lowest BCUT2D eigenvalue weighted by molar-refractivity contribution is 0.0542. The molecular formula is C5H9O2. The maximum Gasteiger partial charge on any atom is 0.147 e. The molecule has 1 saturated heterocycles. The van der Waals surface area contributed by atoms with E-state index in [4.69, 9.17) is 9.47 Å². The van der Waals surface area contributed by atoms with Gasteiger partial charge in [0.25, 0.3) is 0 Å². The minimum absolute atomic E-state index is 0.250. The van der Waals surface area contributed by atoms with Gasteiger partial charge in [-0.05, 0) is 6.42 Å². The van der Waals surface area contributed by atoms with Gasteiger partial charge in [-0.1, -0.05) is 6.92 Å². The molecule has 7 heavy (non-hydrogen) atoms. The summed E-state index contributed by atoms with van der Waals surface area (Å²) in [6.07, 6.45) is 2.24. The highest BCUT2D eigenvalue weighted by atomic mass is 16.7. The highest BCUT2D eigenvalue weighted by Crippen LogP contribution is 2.03. The Balaban J connectivity index is 2.14. The zero-order valence-corrected chi connectivity index (χ0v) is 4.39. The first-order chi connectivity index (χ1) is 3.43. The van der Waals surface area contributed by atoms with Crippen molar-refractivity contribution in [3.8, 4) is 0 Å². The van der Waals surface area contributed by atoms with Crippen LogP contribution < -0.4 is 0 Å². The molecular weight excluding hydrogens is 92.1 g/mol. The third kappa shape index (κ3) is 1.14. The van der Waals surface area contributed by atoms with Crippen molar-refractivity contribution in [2.24, 2.45) is 0 Å². The van der Waals surface area contributed by atoms with Gasteiger partial charge in [0, 0.05) is 0 Å². The van der Waals surface area contributed by atoms with Gasteiger partial charge in [-0.2, -0.15) is 0 Å². The number of ether oxygens (including phenoxy) is 2. The van der Waals surface area contributed by atoms with Gasteiger partial charge >= 0.3 is 0 Å². The third-order valence-electron chi connectivity index (χ3n) is 1.02. The van der Waals surface area contributed by atoms with Gasteiger partial charge in [-0.25, -0.2) is 0 Å². The van der Waals surface area contributed by atoms with Gasteiger partial charge in [-0.3, -0.25) is 0 Å². The molecule has 1 atom stereocenters. The molecule has 0 aliphatic carbocycles. The van der Waals surface area contributed by atoms with Crippen LogP contribution in [0.2, 0.25) is 0 Å². The maximum absolute atomic E-state index is 5.02. The lowest BCUT2D eigenvalue weighted by atomic mass is 10.3. The SMILES string of the molecule is C[CH]C1COCO1. The van der Waals surface area contributed by atoms with E-state index in [1.54, 1.807) is 0 Å². The highest BCUT2D eigenvalue weighted by molar-refractivity contribution is 4.72. The Morgan fingerprint density at radius 2 is 2.57 bits per heavy atom. The Bertz CT molecular complexity index is 48.0. The van der Waals surface area contributed by atoms with E-state index in [1.807, 2.05) is 13.3 Å². The van der Waals surface area contributed by atoms with Crippen LogP contribution in [-0.4, -0.2) is 19.5 Å². The summed E-state index contributed by atoms with van der Waals surface area (Å²) in [6, 6.07) is 0. The molecule has 1 aliphatic rings. The van der Waals surface area contributed by atoms with Crippen LogP contribution in [-0.2, 0) is 9.47 Å². The lowest BCUT2D eigenvalue weighted by Crippen LogP contribution is -2.06. The van der Waals surface area contributed by atoms with Crippen LogP contribution in [0.15, 0.2) is 0 Å². The molecule has 0 saturated carbocycles. The number of hydrogen-bond acceptors (Lipinski definition) is 2. The monoisotopic (exact) mass is 101 g/mol. The van der Waals surface area contributed by atoms with E-state index in [0.717, 1.165) is 6.61 Å². The zero-order chi connectivity index (χ0) is 5.11. The summed E-state index contributed by atoms with van der Waals surface area (Å²) < 4.78 is 9.92. The van der Waals surface area contributed by atoms with Crippen LogP contribution in [0.4, 0.5) is 0 Å². The predicted octanol–water partition coefficient (Wildman–Crippen LogP) is 0.583. The Morgan fingerprint density at radius 1 is 1.71 bits per heavy atom. The van der Waals surface area contributed by atoms with Crippen molar-refractivity contribution in [2.45, 2.75) is 13.0 Å². The molecule has 1 radical (unpaired) electrons. The molecule has 1 fully saturated rings. The van der Waals surface area contributed by atoms with E-state index in [9.17, 15) is 0 Å². The zero-order valence-electron chi connectivity index (χ0n) is 4.39. The average Bonchev–Trinajstić information content (AvgIpc) is 2.14. The molecule has 41 valence electrons. The largest absolute Gasteiger partial charge is 0.353 e. The second-order valence-electron chi connectivity index (χ2n) is 1.53. The molecule has 1 unspecified atom stereocenters. The minimum Gasteiger partial charge on any atom is -0.353 e. The first kappa shape index (κ1) is 5.06. The van der Waals surface area contributed by atoms with Crippen molar-refractivity contribution in [2.75, 3.05) is 13.4 Å². The average molecular weight is 101 g/mol. The molecule has 1 heterocycles. The molecule has 0 bridgehead atoms. The fourth-order valence-corrected chi connectivity index (χ4v) is 0.540. The van der Waals surface area contributed by atoms with Crippen molar-refractivity contribution >= 4 is 0 Å². The smallest absolute Gasteiger partial charge is 0.147 e. The fraction of sp³-hybridized carbons (Fsp3) is 0.800. The van der Waals surface area contributed by atoms with Crippen molar-refractivity contribution in [3.05, 3.63) is 6.42 Å². The quantitative estimate of drug-likeness (QED) is 0.481. The van der Waals surface area contributed by atoms with Crippen LogP contribution in [0.1, 0.15) is 6.92 Å². The van der Waals surface area contributed by atoms with E-state index in [0.29, 0.717) is 6.79 Å². The Morgan fingerprint density at radius 3 is 2.86 bits per heavy atom. The van der Waals surface area contributed by atoms with E-state index in [1.165, 1.54) is 0 Å². The first-order valence-electron chi connectivity index (χ1n) is 2.42. The topological polar surface area (TPSA) is 18.5 Å². The van der Waals surface area contributed by atoms with Crippen molar-refractivity contribution < 1.29 is 9.47 Å². The third-order valence-corrected chi connectivity index (χ3v) is 1.02. The first-order valence-corrected chi connectivity index (χ1v) is 2.42. The van der Waals surface area contributed by atoms with Crippen molar-refractivity contribution in [1.82, 2.24) is 0 Å². The summed E-state index contributed by atoms with van der Waals surface area (Å²) in [6.45, 7) is 3.17. The van der Waals surface area contributed by atoms with Gasteiger partial charge in [0.15, 0.2) is 0 Å². The molecule has 1 aliphatic heterocycles. The highest BCUT2D eigenvalue weighted by Gasteiger charge is 2.12. The van der Waals surface area contributed by atoms with E-state index in [2.05, 4.69) is 0 Å². The Hall–Kier alpha value is -0.0800. The second-order valence-corrected chi connectivity index (χ2v) is 1.53. The fourth-order valence-electron chi connectivity index (χ4n) is 0.540. The van der Waals surface area contributed by atoms with Crippen LogP contribution in [0.25, 0.3) is 0 Å². The van der Waals surface area contributed by atoms with Crippen molar-refractivity contribution in [3.63, 3.8) is 0 Å². The van der Waals surface area contributed by atoms with E-state index < -0.39 is 0 Å². The van der Waals surface area contributed by atoms with Gasteiger partial charge < -0.3 is 9.47 Å². The van der Waals surface area contributed by atoms with Crippen LogP contribution in [0, 0.1) is 6.42 Å². The number of hydrogen-bond donors (Lipinski definition) is 0. The second kappa shape index (κ2) is 2.28. The van der Waals surface area contributed by atoms with E-state index >= 15 is 0 Å². The summed E-state index contributed by atoms with van der Waals surface area (Å²) in [5.41, 5.74) is 0. The lowest BCUT2D eigenvalue weighted by Gasteiger charge is -1.97. The van der Waals surface area contributed by atoms with Gasteiger partial charge in [-0.15, -0.1) is 0 Å². The summed E-state index contributed by atoms with van der Waals surface area (Å²) in [4.78, 5) is 0. The van der Waals surface area contributed by atoms with Gasteiger partial charge in [0.2, 0.25) is 0 Å². The van der Waals surface area contributed by atoms with Crippen LogP contribution in [0.5, 0.6) is 0 Å². The molecule has 0 spiro atoms. The molecule has 0 N–H and O–H groups in total. The molecule has 2 nitrogen and oxygen atoms in total. The summed E-state index contributed by atoms with van der Waals surface area (Å²) >= 11 is 0. The molecule has 0 aromatic rings.